The number of aryl methyl sites for hydroxylation is 2. The summed E-state index contributed by atoms with van der Waals surface area (Å²) in [4.78, 5) is 16.7. The third-order valence-corrected chi connectivity index (χ3v) is 3.66. The van der Waals surface area contributed by atoms with Crippen molar-refractivity contribution in [3.05, 3.63) is 53.6 Å². The lowest BCUT2D eigenvalue weighted by atomic mass is 10.1. The maximum Gasteiger partial charge on any atom is 0.243 e. The van der Waals surface area contributed by atoms with Crippen molar-refractivity contribution in [1.29, 1.82) is 0 Å². The second kappa shape index (κ2) is 7.07. The SMILES string of the molecule is CCC[C@@H](C(=O)NCc1cnc(C)cc1C)n1cccc1. The molecule has 1 atom stereocenters. The van der Waals surface area contributed by atoms with E-state index in [0.717, 1.165) is 29.7 Å². The van der Waals surface area contributed by atoms with Crippen LogP contribution in [0.4, 0.5) is 0 Å². The fourth-order valence-electron chi connectivity index (χ4n) is 2.45. The predicted molar refractivity (Wildman–Crippen MR) is 83.9 cm³/mol. The molecule has 0 fully saturated rings. The number of aromatic nitrogens is 2. The first kappa shape index (κ1) is 15.3. The van der Waals surface area contributed by atoms with Crippen molar-refractivity contribution in [1.82, 2.24) is 14.9 Å². The Labute approximate surface area is 126 Å². The number of nitrogens with zero attached hydrogens (tertiary/aromatic N) is 2. The molecule has 0 saturated heterocycles. The van der Waals surface area contributed by atoms with Gasteiger partial charge in [0.2, 0.25) is 5.91 Å². The maximum absolute atomic E-state index is 12.4. The van der Waals surface area contributed by atoms with Gasteiger partial charge in [-0.2, -0.15) is 0 Å². The molecule has 0 aliphatic heterocycles. The van der Waals surface area contributed by atoms with E-state index in [2.05, 4.69) is 17.2 Å². The Morgan fingerprint density at radius 2 is 2.05 bits per heavy atom. The van der Waals surface area contributed by atoms with Crippen molar-refractivity contribution in [3.8, 4) is 0 Å². The largest absolute Gasteiger partial charge is 0.350 e. The second-order valence-electron chi connectivity index (χ2n) is 5.40. The average Bonchev–Trinajstić information content (AvgIpc) is 2.97. The normalized spacial score (nSPS) is 12.1. The lowest BCUT2D eigenvalue weighted by Crippen LogP contribution is -2.32. The van der Waals surface area contributed by atoms with Crippen LogP contribution >= 0.6 is 0 Å². The monoisotopic (exact) mass is 285 g/mol. The van der Waals surface area contributed by atoms with Crippen molar-refractivity contribution >= 4 is 5.91 Å². The van der Waals surface area contributed by atoms with Gasteiger partial charge in [0.1, 0.15) is 6.04 Å². The van der Waals surface area contributed by atoms with E-state index in [1.54, 1.807) is 0 Å². The van der Waals surface area contributed by atoms with E-state index in [9.17, 15) is 4.79 Å². The Balaban J connectivity index is 2.02. The minimum atomic E-state index is -0.135. The Morgan fingerprint density at radius 3 is 2.67 bits per heavy atom. The summed E-state index contributed by atoms with van der Waals surface area (Å²) >= 11 is 0. The van der Waals surface area contributed by atoms with E-state index in [1.165, 1.54) is 0 Å². The lowest BCUT2D eigenvalue weighted by molar-refractivity contribution is -0.124. The summed E-state index contributed by atoms with van der Waals surface area (Å²) in [5, 5.41) is 3.03. The standard InChI is InChI=1S/C17H23N3O/c1-4-7-16(20-8-5-6-9-20)17(21)19-12-15-11-18-14(3)10-13(15)2/h5-6,8-11,16H,4,7,12H2,1-3H3,(H,19,21)/t16-/m0/s1. The first-order chi connectivity index (χ1) is 10.1. The van der Waals surface area contributed by atoms with Gasteiger partial charge >= 0.3 is 0 Å². The van der Waals surface area contributed by atoms with Crippen LogP contribution in [0.1, 0.15) is 42.6 Å². The van der Waals surface area contributed by atoms with Gasteiger partial charge < -0.3 is 9.88 Å². The molecular formula is C17H23N3O. The van der Waals surface area contributed by atoms with Gasteiger partial charge in [-0.25, -0.2) is 0 Å². The van der Waals surface area contributed by atoms with Crippen LogP contribution in [0.25, 0.3) is 0 Å². The summed E-state index contributed by atoms with van der Waals surface area (Å²) in [6.45, 7) is 6.64. The van der Waals surface area contributed by atoms with Crippen LogP contribution in [0.3, 0.4) is 0 Å². The van der Waals surface area contributed by atoms with Crippen molar-refractivity contribution < 1.29 is 4.79 Å². The molecule has 4 heteroatoms. The van der Waals surface area contributed by atoms with Crippen LogP contribution in [-0.4, -0.2) is 15.5 Å². The third kappa shape index (κ3) is 3.94. The Morgan fingerprint density at radius 1 is 1.33 bits per heavy atom. The number of carbonyl (C=O) groups is 1. The molecule has 1 N–H and O–H groups in total. The molecule has 0 bridgehead atoms. The minimum absolute atomic E-state index is 0.0630. The average molecular weight is 285 g/mol. The molecule has 4 nitrogen and oxygen atoms in total. The van der Waals surface area contributed by atoms with Gasteiger partial charge in [0.25, 0.3) is 0 Å². The third-order valence-electron chi connectivity index (χ3n) is 3.66. The molecule has 2 aromatic rings. The summed E-state index contributed by atoms with van der Waals surface area (Å²) in [5.74, 6) is 0.0630. The topological polar surface area (TPSA) is 46.9 Å². The molecular weight excluding hydrogens is 262 g/mol. The molecule has 2 aromatic heterocycles. The minimum Gasteiger partial charge on any atom is -0.350 e. The van der Waals surface area contributed by atoms with E-state index >= 15 is 0 Å². The van der Waals surface area contributed by atoms with Crippen molar-refractivity contribution in [3.63, 3.8) is 0 Å². The summed E-state index contributed by atoms with van der Waals surface area (Å²) in [7, 11) is 0. The molecule has 0 aromatic carbocycles. The van der Waals surface area contributed by atoms with Crippen LogP contribution in [0, 0.1) is 13.8 Å². The summed E-state index contributed by atoms with van der Waals surface area (Å²) in [6.07, 6.45) is 7.54. The van der Waals surface area contributed by atoms with Gasteiger partial charge in [-0.1, -0.05) is 13.3 Å². The highest BCUT2D eigenvalue weighted by molar-refractivity contribution is 5.80. The highest BCUT2D eigenvalue weighted by atomic mass is 16.2. The van der Waals surface area contributed by atoms with E-state index in [4.69, 9.17) is 0 Å². The first-order valence-electron chi connectivity index (χ1n) is 7.44. The van der Waals surface area contributed by atoms with Gasteiger partial charge in [0, 0.05) is 30.8 Å². The molecule has 0 radical (unpaired) electrons. The molecule has 0 unspecified atom stereocenters. The fourth-order valence-corrected chi connectivity index (χ4v) is 2.45. The predicted octanol–water partition coefficient (Wildman–Crippen LogP) is 3.16. The zero-order valence-corrected chi connectivity index (χ0v) is 13.0. The lowest BCUT2D eigenvalue weighted by Gasteiger charge is -2.18. The number of pyridine rings is 1. The molecule has 0 aliphatic carbocycles. The molecule has 0 aliphatic rings. The summed E-state index contributed by atoms with van der Waals surface area (Å²) in [6, 6.07) is 5.80. The number of rotatable bonds is 6. The number of amides is 1. The van der Waals surface area contributed by atoms with Crippen molar-refractivity contribution in [2.24, 2.45) is 0 Å². The maximum atomic E-state index is 12.4. The molecule has 2 heterocycles. The Kier molecular flexibility index (Phi) is 5.14. The van der Waals surface area contributed by atoms with E-state index in [-0.39, 0.29) is 11.9 Å². The quantitative estimate of drug-likeness (QED) is 0.886. The number of hydrogen-bond acceptors (Lipinski definition) is 2. The van der Waals surface area contributed by atoms with Crippen LogP contribution < -0.4 is 5.32 Å². The smallest absolute Gasteiger partial charge is 0.243 e. The zero-order valence-electron chi connectivity index (χ0n) is 13.0. The highest BCUT2D eigenvalue weighted by Crippen LogP contribution is 2.15. The number of nitrogens with one attached hydrogen (secondary N) is 1. The number of hydrogen-bond donors (Lipinski definition) is 1. The van der Waals surface area contributed by atoms with Gasteiger partial charge in [-0.3, -0.25) is 9.78 Å². The van der Waals surface area contributed by atoms with Crippen molar-refractivity contribution in [2.75, 3.05) is 0 Å². The van der Waals surface area contributed by atoms with Crippen LogP contribution in [0.15, 0.2) is 36.8 Å². The molecule has 1 amide bonds. The molecule has 0 saturated carbocycles. The van der Waals surface area contributed by atoms with E-state index in [0.29, 0.717) is 6.54 Å². The molecule has 0 spiro atoms. The van der Waals surface area contributed by atoms with Crippen molar-refractivity contribution in [2.45, 2.75) is 46.2 Å². The van der Waals surface area contributed by atoms with Gasteiger partial charge in [0.15, 0.2) is 0 Å². The van der Waals surface area contributed by atoms with E-state index in [1.807, 2.05) is 55.2 Å². The second-order valence-corrected chi connectivity index (χ2v) is 5.40. The summed E-state index contributed by atoms with van der Waals surface area (Å²) < 4.78 is 1.97. The zero-order chi connectivity index (χ0) is 15.2. The Bertz CT molecular complexity index is 590. The fraction of sp³-hybridized carbons (Fsp3) is 0.412. The number of carbonyl (C=O) groups excluding carboxylic acids is 1. The van der Waals surface area contributed by atoms with E-state index < -0.39 is 0 Å². The summed E-state index contributed by atoms with van der Waals surface area (Å²) in [5.41, 5.74) is 3.23. The molecule has 112 valence electrons. The van der Waals surface area contributed by atoms with Gasteiger partial charge in [0.05, 0.1) is 0 Å². The van der Waals surface area contributed by atoms with Crippen LogP contribution in [0.2, 0.25) is 0 Å². The molecule has 2 rings (SSSR count). The highest BCUT2D eigenvalue weighted by Gasteiger charge is 2.18. The Hall–Kier alpha value is -2.10. The van der Waals surface area contributed by atoms with Crippen LogP contribution in [-0.2, 0) is 11.3 Å². The van der Waals surface area contributed by atoms with Gasteiger partial charge in [-0.05, 0) is 49.6 Å². The molecule has 21 heavy (non-hydrogen) atoms. The van der Waals surface area contributed by atoms with Crippen LogP contribution in [0.5, 0.6) is 0 Å². The van der Waals surface area contributed by atoms with Gasteiger partial charge in [-0.15, -0.1) is 0 Å². The first-order valence-corrected chi connectivity index (χ1v) is 7.44.